The topological polar surface area (TPSA) is 58.4 Å². The van der Waals surface area contributed by atoms with Crippen LogP contribution in [0.15, 0.2) is 18.2 Å². The highest BCUT2D eigenvalue weighted by molar-refractivity contribution is 5.92. The molecule has 1 amide bonds. The minimum absolute atomic E-state index is 0.282. The highest BCUT2D eigenvalue weighted by Crippen LogP contribution is 2.15. The summed E-state index contributed by atoms with van der Waals surface area (Å²) in [7, 11) is 0. The first-order chi connectivity index (χ1) is 10.1. The lowest BCUT2D eigenvalue weighted by Gasteiger charge is -2.30. The molecule has 4 nitrogen and oxygen atoms in total. The van der Waals surface area contributed by atoms with E-state index in [9.17, 15) is 9.18 Å². The minimum atomic E-state index is -0.520. The molecule has 0 bridgehead atoms. The standard InChI is InChI=1S/C16H24FN3O/c1-2-20(11-14-5-3-4-8-19-14)10-13-9-12(16(18)21)6-7-15(13)17/h6-7,9,14,19H,2-5,8,10-11H2,1H3,(H2,18,21). The van der Waals surface area contributed by atoms with Crippen molar-refractivity contribution in [3.8, 4) is 0 Å². The van der Waals surface area contributed by atoms with Gasteiger partial charge in [0, 0.05) is 30.3 Å². The molecule has 1 saturated heterocycles. The summed E-state index contributed by atoms with van der Waals surface area (Å²) in [6.45, 7) is 5.38. The molecule has 1 fully saturated rings. The molecule has 116 valence electrons. The second-order valence-electron chi connectivity index (χ2n) is 5.65. The molecular formula is C16H24FN3O. The molecular weight excluding hydrogens is 269 g/mol. The largest absolute Gasteiger partial charge is 0.366 e. The number of amides is 1. The van der Waals surface area contributed by atoms with Crippen molar-refractivity contribution in [3.63, 3.8) is 0 Å². The molecule has 0 saturated carbocycles. The van der Waals surface area contributed by atoms with Gasteiger partial charge in [0.1, 0.15) is 5.82 Å². The van der Waals surface area contributed by atoms with Gasteiger partial charge in [0.05, 0.1) is 0 Å². The second-order valence-corrected chi connectivity index (χ2v) is 5.65. The van der Waals surface area contributed by atoms with Crippen LogP contribution in [0.4, 0.5) is 4.39 Å². The monoisotopic (exact) mass is 293 g/mol. The number of nitrogens with one attached hydrogen (secondary N) is 1. The number of nitrogens with zero attached hydrogens (tertiary/aromatic N) is 1. The lowest BCUT2D eigenvalue weighted by Crippen LogP contribution is -2.43. The van der Waals surface area contributed by atoms with E-state index in [2.05, 4.69) is 17.1 Å². The Morgan fingerprint density at radius 2 is 2.29 bits per heavy atom. The molecule has 1 heterocycles. The van der Waals surface area contributed by atoms with E-state index >= 15 is 0 Å². The lowest BCUT2D eigenvalue weighted by molar-refractivity contribution is 0.1000. The van der Waals surface area contributed by atoms with Crippen molar-refractivity contribution in [1.29, 1.82) is 0 Å². The number of hydrogen-bond donors (Lipinski definition) is 2. The number of benzene rings is 1. The number of halogens is 1. The molecule has 5 heteroatoms. The van der Waals surface area contributed by atoms with Crippen molar-refractivity contribution in [2.45, 2.75) is 38.8 Å². The first-order valence-electron chi connectivity index (χ1n) is 7.64. The SMILES string of the molecule is CCN(Cc1cc(C(N)=O)ccc1F)CC1CCCCN1. The summed E-state index contributed by atoms with van der Waals surface area (Å²) in [6, 6.07) is 4.79. The normalized spacial score (nSPS) is 18.9. The van der Waals surface area contributed by atoms with Crippen LogP contribution in [0.25, 0.3) is 0 Å². The fourth-order valence-electron chi connectivity index (χ4n) is 2.79. The molecule has 0 radical (unpaired) electrons. The Balaban J connectivity index is 2.03. The number of hydrogen-bond acceptors (Lipinski definition) is 3. The van der Waals surface area contributed by atoms with Gasteiger partial charge in [0.2, 0.25) is 5.91 Å². The number of rotatable bonds is 6. The van der Waals surface area contributed by atoms with Crippen LogP contribution in [0.1, 0.15) is 42.1 Å². The fraction of sp³-hybridized carbons (Fsp3) is 0.562. The first kappa shape index (κ1) is 15.9. The van der Waals surface area contributed by atoms with Crippen LogP contribution in [-0.2, 0) is 6.54 Å². The zero-order chi connectivity index (χ0) is 15.2. The quantitative estimate of drug-likeness (QED) is 0.842. The Kier molecular flexibility index (Phi) is 5.70. The fourth-order valence-corrected chi connectivity index (χ4v) is 2.79. The summed E-state index contributed by atoms with van der Waals surface area (Å²) in [4.78, 5) is 13.4. The Labute approximate surface area is 125 Å². The van der Waals surface area contributed by atoms with E-state index in [-0.39, 0.29) is 5.82 Å². The lowest BCUT2D eigenvalue weighted by atomic mass is 10.0. The van der Waals surface area contributed by atoms with Crippen LogP contribution >= 0.6 is 0 Å². The van der Waals surface area contributed by atoms with Gasteiger partial charge in [-0.05, 0) is 44.1 Å². The van der Waals surface area contributed by atoms with Crippen molar-refractivity contribution in [3.05, 3.63) is 35.1 Å². The van der Waals surface area contributed by atoms with Crippen molar-refractivity contribution < 1.29 is 9.18 Å². The predicted octanol–water partition coefficient (Wildman–Crippen LogP) is 1.89. The third-order valence-electron chi connectivity index (χ3n) is 4.06. The van der Waals surface area contributed by atoms with Crippen LogP contribution in [0.2, 0.25) is 0 Å². The molecule has 1 aliphatic heterocycles. The average Bonchev–Trinajstić information content (AvgIpc) is 2.49. The summed E-state index contributed by atoms with van der Waals surface area (Å²) in [5.74, 6) is -0.803. The summed E-state index contributed by atoms with van der Waals surface area (Å²) in [5, 5.41) is 3.50. The van der Waals surface area contributed by atoms with Gasteiger partial charge in [-0.1, -0.05) is 13.3 Å². The molecule has 3 N–H and O–H groups in total. The molecule has 1 aromatic carbocycles. The van der Waals surface area contributed by atoms with E-state index < -0.39 is 5.91 Å². The van der Waals surface area contributed by atoms with E-state index in [1.807, 2.05) is 0 Å². The Bertz CT molecular complexity index is 486. The van der Waals surface area contributed by atoms with Crippen LogP contribution < -0.4 is 11.1 Å². The second kappa shape index (κ2) is 7.52. The zero-order valence-electron chi connectivity index (χ0n) is 12.6. The van der Waals surface area contributed by atoms with Gasteiger partial charge in [0.25, 0.3) is 0 Å². The van der Waals surface area contributed by atoms with Gasteiger partial charge >= 0.3 is 0 Å². The predicted molar refractivity (Wildman–Crippen MR) is 81.5 cm³/mol. The maximum Gasteiger partial charge on any atom is 0.248 e. The van der Waals surface area contributed by atoms with Gasteiger partial charge in [0.15, 0.2) is 0 Å². The number of piperidine rings is 1. The van der Waals surface area contributed by atoms with Gasteiger partial charge in [-0.2, -0.15) is 0 Å². The van der Waals surface area contributed by atoms with E-state index in [4.69, 9.17) is 5.73 Å². The van der Waals surface area contributed by atoms with E-state index in [0.717, 1.165) is 19.6 Å². The highest BCUT2D eigenvalue weighted by Gasteiger charge is 2.17. The van der Waals surface area contributed by atoms with E-state index in [1.165, 1.54) is 31.4 Å². The Morgan fingerprint density at radius 3 is 2.90 bits per heavy atom. The number of likely N-dealkylation sites (N-methyl/N-ethyl adjacent to an activating group) is 1. The third kappa shape index (κ3) is 4.51. The molecule has 1 atom stereocenters. The molecule has 0 aliphatic carbocycles. The zero-order valence-corrected chi connectivity index (χ0v) is 12.6. The van der Waals surface area contributed by atoms with Crippen molar-refractivity contribution in [2.75, 3.05) is 19.6 Å². The molecule has 2 rings (SSSR count). The van der Waals surface area contributed by atoms with Gasteiger partial charge < -0.3 is 11.1 Å². The smallest absolute Gasteiger partial charge is 0.248 e. The van der Waals surface area contributed by atoms with Crippen LogP contribution in [0, 0.1) is 5.82 Å². The van der Waals surface area contributed by atoms with Gasteiger partial charge in [-0.3, -0.25) is 9.69 Å². The van der Waals surface area contributed by atoms with E-state index in [0.29, 0.717) is 23.7 Å². The van der Waals surface area contributed by atoms with Gasteiger partial charge in [-0.15, -0.1) is 0 Å². The molecule has 1 unspecified atom stereocenters. The Morgan fingerprint density at radius 1 is 1.48 bits per heavy atom. The summed E-state index contributed by atoms with van der Waals surface area (Å²) in [5.41, 5.74) is 6.15. The molecule has 21 heavy (non-hydrogen) atoms. The third-order valence-corrected chi connectivity index (χ3v) is 4.06. The number of primary amides is 1. The summed E-state index contributed by atoms with van der Waals surface area (Å²) < 4.78 is 13.9. The number of carbonyl (C=O) groups excluding carboxylic acids is 1. The molecule has 0 spiro atoms. The average molecular weight is 293 g/mol. The summed E-state index contributed by atoms with van der Waals surface area (Å²) in [6.07, 6.45) is 3.65. The molecule has 1 aromatic rings. The molecule has 1 aliphatic rings. The van der Waals surface area contributed by atoms with E-state index in [1.54, 1.807) is 6.07 Å². The number of carbonyl (C=O) groups is 1. The van der Waals surface area contributed by atoms with Crippen molar-refractivity contribution in [2.24, 2.45) is 5.73 Å². The van der Waals surface area contributed by atoms with Crippen LogP contribution in [0.3, 0.4) is 0 Å². The van der Waals surface area contributed by atoms with Crippen molar-refractivity contribution >= 4 is 5.91 Å². The molecule has 0 aromatic heterocycles. The van der Waals surface area contributed by atoms with Crippen LogP contribution in [0.5, 0.6) is 0 Å². The first-order valence-corrected chi connectivity index (χ1v) is 7.64. The minimum Gasteiger partial charge on any atom is -0.366 e. The maximum atomic E-state index is 13.9. The maximum absolute atomic E-state index is 13.9. The Hall–Kier alpha value is -1.46. The van der Waals surface area contributed by atoms with Crippen LogP contribution in [-0.4, -0.2) is 36.5 Å². The van der Waals surface area contributed by atoms with Gasteiger partial charge in [-0.25, -0.2) is 4.39 Å². The summed E-state index contributed by atoms with van der Waals surface area (Å²) >= 11 is 0. The highest BCUT2D eigenvalue weighted by atomic mass is 19.1. The van der Waals surface area contributed by atoms with Crippen molar-refractivity contribution in [1.82, 2.24) is 10.2 Å². The number of nitrogens with two attached hydrogens (primary N) is 1.